The zero-order chi connectivity index (χ0) is 12.1. The van der Waals surface area contributed by atoms with Crippen molar-refractivity contribution in [3.05, 3.63) is 29.3 Å². The fourth-order valence-electron chi connectivity index (χ4n) is 1.07. The third kappa shape index (κ3) is 2.88. The molecule has 0 aliphatic carbocycles. The van der Waals surface area contributed by atoms with Gasteiger partial charge in [0.1, 0.15) is 5.69 Å². The number of carbonyl (C=O) groups is 1. The summed E-state index contributed by atoms with van der Waals surface area (Å²) in [5.74, 6) is 0. The number of oxime groups is 1. The molecule has 7 nitrogen and oxygen atoms in total. The van der Waals surface area contributed by atoms with Crippen LogP contribution in [0.4, 0.5) is 5.13 Å². The number of hydrogen-bond donors (Lipinski definition) is 2. The zero-order valence-electron chi connectivity index (χ0n) is 8.66. The number of aromatic amines is 1. The minimum absolute atomic E-state index is 0.105. The van der Waals surface area contributed by atoms with Gasteiger partial charge in [0.05, 0.1) is 12.0 Å². The van der Waals surface area contributed by atoms with E-state index in [9.17, 15) is 4.79 Å². The number of carbonyl (C=O) groups excluding carboxylic acids is 1. The predicted octanol–water partition coefficient (Wildman–Crippen LogP) is 0.568. The van der Waals surface area contributed by atoms with E-state index in [-0.39, 0.29) is 12.3 Å². The van der Waals surface area contributed by atoms with Crippen molar-refractivity contribution in [2.24, 2.45) is 5.16 Å². The molecule has 0 aromatic carbocycles. The van der Waals surface area contributed by atoms with Gasteiger partial charge in [0.15, 0.2) is 23.7 Å². The van der Waals surface area contributed by atoms with E-state index >= 15 is 0 Å². The Labute approximate surface area is 100 Å². The highest BCUT2D eigenvalue weighted by molar-refractivity contribution is 7.13. The molecule has 0 radical (unpaired) electrons. The molecule has 0 unspecified atom stereocenters. The van der Waals surface area contributed by atoms with Gasteiger partial charge in [-0.25, -0.2) is 9.97 Å². The van der Waals surface area contributed by atoms with Crippen LogP contribution in [-0.4, -0.2) is 26.9 Å². The minimum Gasteiger partial charge on any atom is -0.389 e. The molecule has 0 saturated carbocycles. The number of thiazole rings is 1. The van der Waals surface area contributed by atoms with Crippen LogP contribution in [0.3, 0.4) is 0 Å². The highest BCUT2D eigenvalue weighted by atomic mass is 32.1. The molecule has 8 heteroatoms. The summed E-state index contributed by atoms with van der Waals surface area (Å²) in [5, 5.41) is 5.70. The first-order valence-corrected chi connectivity index (χ1v) is 5.51. The lowest BCUT2D eigenvalue weighted by Crippen LogP contribution is -2.04. The molecule has 0 spiro atoms. The number of rotatable bonds is 5. The first kappa shape index (κ1) is 11.3. The van der Waals surface area contributed by atoms with E-state index in [0.717, 1.165) is 0 Å². The second kappa shape index (κ2) is 5.21. The Balaban J connectivity index is 2.01. The van der Waals surface area contributed by atoms with Crippen molar-refractivity contribution in [3.8, 4) is 0 Å². The quantitative estimate of drug-likeness (QED) is 0.459. The third-order valence-corrected chi connectivity index (χ3v) is 2.50. The second-order valence-corrected chi connectivity index (χ2v) is 3.89. The van der Waals surface area contributed by atoms with Crippen molar-refractivity contribution in [1.82, 2.24) is 15.0 Å². The monoisotopic (exact) mass is 251 g/mol. The summed E-state index contributed by atoms with van der Waals surface area (Å²) in [7, 11) is 0. The standard InChI is InChI=1S/C9H9N5O2S/c10-9-13-8(4-17-9)7(2-15)14-16-3-6-1-11-5-12-6/h1-2,4-5H,3H2,(H2,10,13)(H,11,12). The summed E-state index contributed by atoms with van der Waals surface area (Å²) < 4.78 is 0. The van der Waals surface area contributed by atoms with E-state index in [1.54, 1.807) is 11.6 Å². The molecule has 2 aromatic rings. The third-order valence-electron chi connectivity index (χ3n) is 1.83. The SMILES string of the molecule is Nc1nc(C(C=O)=NOCc2c[nH]cn2)cs1. The van der Waals surface area contributed by atoms with Crippen LogP contribution in [0.25, 0.3) is 0 Å². The fraction of sp³-hybridized carbons (Fsp3) is 0.111. The number of nitrogen functional groups attached to an aromatic ring is 1. The van der Waals surface area contributed by atoms with E-state index in [0.29, 0.717) is 22.8 Å². The van der Waals surface area contributed by atoms with Crippen molar-refractivity contribution in [2.75, 3.05) is 5.73 Å². The Morgan fingerprint density at radius 1 is 1.71 bits per heavy atom. The van der Waals surface area contributed by atoms with Crippen LogP contribution in [0.2, 0.25) is 0 Å². The van der Waals surface area contributed by atoms with E-state index < -0.39 is 0 Å². The second-order valence-electron chi connectivity index (χ2n) is 3.00. The topological polar surface area (TPSA) is 106 Å². The van der Waals surface area contributed by atoms with Crippen LogP contribution in [0, 0.1) is 0 Å². The highest BCUT2D eigenvalue weighted by Gasteiger charge is 2.07. The minimum atomic E-state index is 0.105. The summed E-state index contributed by atoms with van der Waals surface area (Å²) in [6.45, 7) is 0.181. The van der Waals surface area contributed by atoms with Gasteiger partial charge >= 0.3 is 0 Å². The summed E-state index contributed by atoms with van der Waals surface area (Å²) >= 11 is 1.23. The number of anilines is 1. The molecule has 0 aliphatic heterocycles. The molecule has 0 atom stereocenters. The molecule has 88 valence electrons. The maximum absolute atomic E-state index is 10.8. The van der Waals surface area contributed by atoms with Crippen LogP contribution < -0.4 is 5.73 Å². The Bertz CT molecular complexity index is 519. The van der Waals surface area contributed by atoms with Gasteiger partial charge in [-0.3, -0.25) is 4.79 Å². The van der Waals surface area contributed by atoms with Gasteiger partial charge in [0, 0.05) is 11.6 Å². The number of nitrogens with one attached hydrogen (secondary N) is 1. The highest BCUT2D eigenvalue weighted by Crippen LogP contribution is 2.11. The van der Waals surface area contributed by atoms with Crippen LogP contribution in [0.15, 0.2) is 23.1 Å². The van der Waals surface area contributed by atoms with Crippen LogP contribution in [0.1, 0.15) is 11.4 Å². The molecule has 0 fully saturated rings. The Morgan fingerprint density at radius 3 is 3.18 bits per heavy atom. The number of nitrogens with two attached hydrogens (primary N) is 1. The predicted molar refractivity (Wildman–Crippen MR) is 62.5 cm³/mol. The zero-order valence-corrected chi connectivity index (χ0v) is 9.48. The summed E-state index contributed by atoms with van der Waals surface area (Å²) in [4.78, 5) is 26.4. The number of hydrogen-bond acceptors (Lipinski definition) is 7. The van der Waals surface area contributed by atoms with E-state index in [4.69, 9.17) is 10.6 Å². The molecule has 2 aromatic heterocycles. The number of H-pyrrole nitrogens is 1. The fourth-order valence-corrected chi connectivity index (χ4v) is 1.63. The summed E-state index contributed by atoms with van der Waals surface area (Å²) in [5.41, 5.74) is 6.66. The van der Waals surface area contributed by atoms with Gasteiger partial charge in [0.25, 0.3) is 0 Å². The first-order chi connectivity index (χ1) is 8.29. The van der Waals surface area contributed by atoms with Crippen LogP contribution in [0.5, 0.6) is 0 Å². The summed E-state index contributed by atoms with van der Waals surface area (Å²) in [6.07, 6.45) is 3.78. The van der Waals surface area contributed by atoms with E-state index in [2.05, 4.69) is 20.1 Å². The Morgan fingerprint density at radius 2 is 2.59 bits per heavy atom. The molecule has 0 saturated heterocycles. The van der Waals surface area contributed by atoms with Crippen molar-refractivity contribution >= 4 is 28.5 Å². The first-order valence-electron chi connectivity index (χ1n) is 4.64. The number of imidazole rings is 1. The number of nitrogens with zero attached hydrogens (tertiary/aromatic N) is 3. The molecule has 17 heavy (non-hydrogen) atoms. The Kier molecular flexibility index (Phi) is 3.46. The molecule has 3 N–H and O–H groups in total. The van der Waals surface area contributed by atoms with Crippen molar-refractivity contribution in [1.29, 1.82) is 0 Å². The van der Waals surface area contributed by atoms with Crippen LogP contribution in [-0.2, 0) is 16.2 Å². The normalized spacial score (nSPS) is 11.4. The van der Waals surface area contributed by atoms with Gasteiger partial charge < -0.3 is 15.6 Å². The van der Waals surface area contributed by atoms with Crippen molar-refractivity contribution in [3.63, 3.8) is 0 Å². The van der Waals surface area contributed by atoms with E-state index in [1.807, 2.05) is 0 Å². The van der Waals surface area contributed by atoms with E-state index in [1.165, 1.54) is 17.7 Å². The molecule has 2 rings (SSSR count). The van der Waals surface area contributed by atoms with Gasteiger partial charge in [-0.05, 0) is 0 Å². The molecular formula is C9H9N5O2S. The largest absolute Gasteiger partial charge is 0.389 e. The average molecular weight is 251 g/mol. The lowest BCUT2D eigenvalue weighted by atomic mass is 10.3. The smallest absolute Gasteiger partial charge is 0.180 e. The van der Waals surface area contributed by atoms with Gasteiger partial charge in [0.2, 0.25) is 0 Å². The molecule has 2 heterocycles. The number of aromatic nitrogens is 3. The van der Waals surface area contributed by atoms with Crippen molar-refractivity contribution in [2.45, 2.75) is 6.61 Å². The van der Waals surface area contributed by atoms with Gasteiger partial charge in [-0.1, -0.05) is 5.16 Å². The number of aldehydes is 1. The van der Waals surface area contributed by atoms with Gasteiger partial charge in [-0.2, -0.15) is 0 Å². The van der Waals surface area contributed by atoms with Gasteiger partial charge in [-0.15, -0.1) is 11.3 Å². The molecule has 0 bridgehead atoms. The maximum atomic E-state index is 10.8. The maximum Gasteiger partial charge on any atom is 0.180 e. The average Bonchev–Trinajstić information content (AvgIpc) is 2.96. The molecule has 0 amide bonds. The lowest BCUT2D eigenvalue weighted by Gasteiger charge is -1.96. The lowest BCUT2D eigenvalue weighted by molar-refractivity contribution is -0.102. The Hall–Kier alpha value is -2.22. The van der Waals surface area contributed by atoms with Crippen LogP contribution >= 0.6 is 11.3 Å². The van der Waals surface area contributed by atoms with Crippen molar-refractivity contribution < 1.29 is 9.63 Å². The summed E-state index contributed by atoms with van der Waals surface area (Å²) in [6, 6.07) is 0. The molecular weight excluding hydrogens is 242 g/mol. The molecule has 0 aliphatic rings.